The van der Waals surface area contributed by atoms with E-state index in [0.29, 0.717) is 37.3 Å². The van der Waals surface area contributed by atoms with Crippen LogP contribution in [0.5, 0.6) is 11.5 Å². The van der Waals surface area contributed by atoms with Crippen molar-refractivity contribution in [3.63, 3.8) is 0 Å². The van der Waals surface area contributed by atoms with E-state index in [1.54, 1.807) is 23.9 Å². The predicted octanol–water partition coefficient (Wildman–Crippen LogP) is 2.24. The molecular formula is C24H30N4O6S. The van der Waals surface area contributed by atoms with Gasteiger partial charge < -0.3 is 19.3 Å². The Morgan fingerprint density at radius 1 is 1.14 bits per heavy atom. The van der Waals surface area contributed by atoms with E-state index in [1.807, 2.05) is 30.5 Å². The number of methoxy groups -OCH3 is 2. The van der Waals surface area contributed by atoms with E-state index in [4.69, 9.17) is 14.2 Å². The van der Waals surface area contributed by atoms with Gasteiger partial charge in [0.25, 0.3) is 0 Å². The highest BCUT2D eigenvalue weighted by Crippen LogP contribution is 2.28. The van der Waals surface area contributed by atoms with Crippen LogP contribution in [0.2, 0.25) is 0 Å². The highest BCUT2D eigenvalue weighted by Gasteiger charge is 2.34. The maximum atomic E-state index is 12.9. The van der Waals surface area contributed by atoms with Gasteiger partial charge in [0.05, 0.1) is 50.2 Å². The highest BCUT2D eigenvalue weighted by molar-refractivity contribution is 7.89. The van der Waals surface area contributed by atoms with Crippen LogP contribution < -0.4 is 14.2 Å². The first-order valence-corrected chi connectivity index (χ1v) is 12.9. The minimum atomic E-state index is -3.79. The molecule has 0 unspecified atom stereocenters. The van der Waals surface area contributed by atoms with Crippen LogP contribution in [0.25, 0.3) is 11.3 Å². The summed E-state index contributed by atoms with van der Waals surface area (Å²) in [6.07, 6.45) is 2.92. The van der Waals surface area contributed by atoms with Gasteiger partial charge in [-0.25, -0.2) is 13.1 Å². The summed E-state index contributed by atoms with van der Waals surface area (Å²) in [6, 6.07) is 13.3. The maximum absolute atomic E-state index is 12.9. The van der Waals surface area contributed by atoms with Crippen molar-refractivity contribution >= 4 is 10.0 Å². The van der Waals surface area contributed by atoms with E-state index < -0.39 is 22.2 Å². The number of para-hydroxylation sites is 1. The summed E-state index contributed by atoms with van der Waals surface area (Å²) in [5.74, 6) is 1.18. The molecule has 1 aliphatic heterocycles. The van der Waals surface area contributed by atoms with Gasteiger partial charge in [-0.1, -0.05) is 23.4 Å². The van der Waals surface area contributed by atoms with E-state index in [0.717, 1.165) is 11.3 Å². The van der Waals surface area contributed by atoms with E-state index >= 15 is 0 Å². The number of aromatic nitrogens is 3. The van der Waals surface area contributed by atoms with Crippen molar-refractivity contribution < 1.29 is 27.7 Å². The first-order valence-electron chi connectivity index (χ1n) is 11.4. The minimum absolute atomic E-state index is 0.104. The second kappa shape index (κ2) is 11.2. The lowest BCUT2D eigenvalue weighted by Crippen LogP contribution is -2.50. The Morgan fingerprint density at radius 2 is 1.97 bits per heavy atom. The molecule has 1 aliphatic rings. The molecule has 1 aromatic heterocycles. The lowest BCUT2D eigenvalue weighted by atomic mass is 9.98. The summed E-state index contributed by atoms with van der Waals surface area (Å²) in [5.41, 5.74) is 1.58. The summed E-state index contributed by atoms with van der Waals surface area (Å²) in [4.78, 5) is 0.104. The van der Waals surface area contributed by atoms with Gasteiger partial charge in [-0.2, -0.15) is 0 Å². The Morgan fingerprint density at radius 3 is 2.74 bits per heavy atom. The summed E-state index contributed by atoms with van der Waals surface area (Å²) < 4.78 is 46.7. The molecule has 0 saturated carbocycles. The van der Waals surface area contributed by atoms with Gasteiger partial charge in [0.15, 0.2) is 0 Å². The van der Waals surface area contributed by atoms with Crippen molar-refractivity contribution in [3.05, 3.63) is 54.7 Å². The summed E-state index contributed by atoms with van der Waals surface area (Å²) >= 11 is 0. The second-order valence-corrected chi connectivity index (χ2v) is 10.0. The Labute approximate surface area is 204 Å². The molecule has 35 heavy (non-hydrogen) atoms. The number of aliphatic hydroxyl groups is 1. The number of nitrogens with zero attached hydrogens (tertiary/aromatic N) is 3. The zero-order chi connectivity index (χ0) is 24.8. The van der Waals surface area contributed by atoms with Gasteiger partial charge in [0, 0.05) is 18.2 Å². The lowest BCUT2D eigenvalue weighted by Gasteiger charge is -2.36. The summed E-state index contributed by atoms with van der Waals surface area (Å²) in [6.45, 7) is 0.286. The standard InChI is InChI=1S/C24H30N4O6S/c1-32-18-6-5-7-19(14-18)35(30,31)26-21-11-10-17(34-24(21)16-29)12-13-28-15-22(25-27-28)20-8-3-4-9-23(20)33-2/h3-9,14-15,17,21,24,26,29H,10-13,16H2,1-2H3/t17-,21-,24-/m1/s1. The van der Waals surface area contributed by atoms with Crippen molar-refractivity contribution in [1.29, 1.82) is 0 Å². The number of sulfonamides is 1. The molecule has 2 N–H and O–H groups in total. The average Bonchev–Trinajstić information content (AvgIpc) is 3.36. The number of aryl methyl sites for hydroxylation is 1. The molecule has 1 saturated heterocycles. The zero-order valence-electron chi connectivity index (χ0n) is 19.7. The number of benzene rings is 2. The molecule has 188 valence electrons. The first kappa shape index (κ1) is 25.1. The minimum Gasteiger partial charge on any atom is -0.497 e. The molecule has 0 aliphatic carbocycles. The number of hydrogen-bond acceptors (Lipinski definition) is 8. The molecule has 3 aromatic rings. The fraction of sp³-hybridized carbons (Fsp3) is 0.417. The molecule has 3 atom stereocenters. The fourth-order valence-electron chi connectivity index (χ4n) is 4.18. The second-order valence-electron chi connectivity index (χ2n) is 8.32. The molecule has 10 nitrogen and oxygen atoms in total. The molecule has 2 aromatic carbocycles. The van der Waals surface area contributed by atoms with Crippen LogP contribution in [0, 0.1) is 0 Å². The van der Waals surface area contributed by atoms with Crippen LogP contribution in [0.3, 0.4) is 0 Å². The van der Waals surface area contributed by atoms with Crippen molar-refractivity contribution in [2.75, 3.05) is 20.8 Å². The van der Waals surface area contributed by atoms with Crippen LogP contribution in [-0.2, 0) is 21.3 Å². The SMILES string of the molecule is COc1cccc(S(=O)(=O)N[C@@H]2CC[C@H](CCn3cc(-c4ccccc4OC)nn3)O[C@@H]2CO)c1. The normalized spacial score (nSPS) is 20.5. The van der Waals surface area contributed by atoms with Gasteiger partial charge in [0.2, 0.25) is 10.0 Å². The number of nitrogens with one attached hydrogen (secondary N) is 1. The molecule has 11 heteroatoms. The molecule has 0 bridgehead atoms. The Hall–Kier alpha value is -2.99. The smallest absolute Gasteiger partial charge is 0.241 e. The van der Waals surface area contributed by atoms with Gasteiger partial charge in [0.1, 0.15) is 17.2 Å². The van der Waals surface area contributed by atoms with Crippen LogP contribution in [0.15, 0.2) is 59.6 Å². The number of rotatable bonds is 10. The van der Waals surface area contributed by atoms with E-state index in [9.17, 15) is 13.5 Å². The molecule has 0 radical (unpaired) electrons. The molecule has 0 spiro atoms. The van der Waals surface area contributed by atoms with Crippen molar-refractivity contribution in [1.82, 2.24) is 19.7 Å². The highest BCUT2D eigenvalue weighted by atomic mass is 32.2. The quantitative estimate of drug-likeness (QED) is 0.433. The van der Waals surface area contributed by atoms with Crippen LogP contribution in [0.1, 0.15) is 19.3 Å². The molecule has 1 fully saturated rings. The van der Waals surface area contributed by atoms with Gasteiger partial charge in [-0.15, -0.1) is 5.10 Å². The Kier molecular flexibility index (Phi) is 8.01. The molecule has 0 amide bonds. The lowest BCUT2D eigenvalue weighted by molar-refractivity contribution is -0.0891. The summed E-state index contributed by atoms with van der Waals surface area (Å²) in [5, 5.41) is 18.3. The Balaban J connectivity index is 1.35. The van der Waals surface area contributed by atoms with Crippen molar-refractivity contribution in [2.45, 2.75) is 49.0 Å². The zero-order valence-corrected chi connectivity index (χ0v) is 20.5. The average molecular weight is 503 g/mol. The van der Waals surface area contributed by atoms with Crippen LogP contribution in [-0.4, -0.2) is 67.6 Å². The number of aliphatic hydroxyl groups excluding tert-OH is 1. The number of hydrogen-bond donors (Lipinski definition) is 2. The molecule has 4 rings (SSSR count). The van der Waals surface area contributed by atoms with E-state index in [-0.39, 0.29) is 17.6 Å². The van der Waals surface area contributed by atoms with Gasteiger partial charge >= 0.3 is 0 Å². The van der Waals surface area contributed by atoms with E-state index in [2.05, 4.69) is 15.0 Å². The monoisotopic (exact) mass is 502 g/mol. The van der Waals surface area contributed by atoms with E-state index in [1.165, 1.54) is 19.2 Å². The Bertz CT molecular complexity index is 1230. The van der Waals surface area contributed by atoms with Crippen LogP contribution in [0.4, 0.5) is 0 Å². The maximum Gasteiger partial charge on any atom is 0.241 e. The molecule has 2 heterocycles. The third-order valence-electron chi connectivity index (χ3n) is 6.06. The third-order valence-corrected chi connectivity index (χ3v) is 7.54. The van der Waals surface area contributed by atoms with Gasteiger partial charge in [-0.3, -0.25) is 4.68 Å². The topological polar surface area (TPSA) is 125 Å². The van der Waals surface area contributed by atoms with Gasteiger partial charge in [-0.05, 0) is 43.5 Å². The first-order chi connectivity index (χ1) is 16.9. The third kappa shape index (κ3) is 5.99. The molecular weight excluding hydrogens is 472 g/mol. The predicted molar refractivity (Wildman–Crippen MR) is 129 cm³/mol. The fourth-order valence-corrected chi connectivity index (χ4v) is 5.51. The largest absolute Gasteiger partial charge is 0.497 e. The summed E-state index contributed by atoms with van der Waals surface area (Å²) in [7, 11) is -0.694. The van der Waals surface area contributed by atoms with Crippen molar-refractivity contribution in [2.24, 2.45) is 0 Å². The van der Waals surface area contributed by atoms with Crippen LogP contribution >= 0.6 is 0 Å². The number of ether oxygens (including phenoxy) is 3. The van der Waals surface area contributed by atoms with Crippen molar-refractivity contribution in [3.8, 4) is 22.8 Å².